The van der Waals surface area contributed by atoms with Crippen molar-refractivity contribution in [2.24, 2.45) is 0 Å². The van der Waals surface area contributed by atoms with Gasteiger partial charge >= 0.3 is 5.82 Å². The molecule has 5 nitrogen and oxygen atoms in total. The van der Waals surface area contributed by atoms with Gasteiger partial charge in [-0.3, -0.25) is 4.79 Å². The van der Waals surface area contributed by atoms with Crippen LogP contribution in [0.3, 0.4) is 0 Å². The Morgan fingerprint density at radius 1 is 1.53 bits per heavy atom. The van der Waals surface area contributed by atoms with Crippen LogP contribution in [0.5, 0.6) is 0 Å². The van der Waals surface area contributed by atoms with Crippen molar-refractivity contribution in [2.45, 2.75) is 6.43 Å². The zero-order valence-corrected chi connectivity index (χ0v) is 6.99. The molecule has 0 spiro atoms. The predicted molar refractivity (Wildman–Crippen MR) is 41.2 cm³/mol. The molecule has 80 valence electrons. The summed E-state index contributed by atoms with van der Waals surface area (Å²) in [6, 6.07) is 0. The molecule has 0 bridgehead atoms. The predicted octanol–water partition coefficient (Wildman–Crippen LogP) is 1.88. The SMILES string of the molecule is O=Cc1cnc([N+](=O)[O-])c(F)c1C(F)F. The third-order valence-electron chi connectivity index (χ3n) is 1.59. The Hall–Kier alpha value is -1.99. The lowest BCUT2D eigenvalue weighted by Gasteiger charge is -2.03. The Balaban J connectivity index is 3.49. The lowest BCUT2D eigenvalue weighted by Crippen LogP contribution is -2.05. The van der Waals surface area contributed by atoms with Gasteiger partial charge in [0.25, 0.3) is 6.43 Å². The molecule has 0 atom stereocenters. The number of nitro groups is 1. The molecule has 0 aliphatic rings. The molecule has 8 heteroatoms. The molecule has 0 N–H and O–H groups in total. The van der Waals surface area contributed by atoms with Crippen LogP contribution in [0.4, 0.5) is 19.0 Å². The molecule has 0 aliphatic carbocycles. The molecule has 0 fully saturated rings. The Labute approximate surface area is 80.7 Å². The monoisotopic (exact) mass is 220 g/mol. The minimum atomic E-state index is -3.31. The first kappa shape index (κ1) is 11.1. The first-order chi connectivity index (χ1) is 6.99. The van der Waals surface area contributed by atoms with Gasteiger partial charge in [-0.1, -0.05) is 0 Å². The Kier molecular flexibility index (Phi) is 2.98. The molecular formula is C7H3F3N2O3. The van der Waals surface area contributed by atoms with E-state index in [1.807, 2.05) is 0 Å². The van der Waals surface area contributed by atoms with Gasteiger partial charge in [0, 0.05) is 0 Å². The lowest BCUT2D eigenvalue weighted by atomic mass is 10.1. The maximum Gasteiger partial charge on any atom is 0.400 e. The molecule has 1 aromatic heterocycles. The van der Waals surface area contributed by atoms with Crippen molar-refractivity contribution in [3.8, 4) is 0 Å². The van der Waals surface area contributed by atoms with Crippen LogP contribution in [0.25, 0.3) is 0 Å². The van der Waals surface area contributed by atoms with Crippen molar-refractivity contribution < 1.29 is 22.9 Å². The quantitative estimate of drug-likeness (QED) is 0.442. The van der Waals surface area contributed by atoms with Crippen molar-refractivity contribution >= 4 is 12.1 Å². The van der Waals surface area contributed by atoms with E-state index in [-0.39, 0.29) is 6.29 Å². The second-order valence-electron chi connectivity index (χ2n) is 2.44. The summed E-state index contributed by atoms with van der Waals surface area (Å²) in [5, 5.41) is 10.2. The van der Waals surface area contributed by atoms with E-state index in [0.717, 1.165) is 0 Å². The van der Waals surface area contributed by atoms with Gasteiger partial charge in [0.2, 0.25) is 5.82 Å². The van der Waals surface area contributed by atoms with Crippen LogP contribution < -0.4 is 0 Å². The van der Waals surface area contributed by atoms with Gasteiger partial charge in [-0.05, 0) is 9.91 Å². The number of rotatable bonds is 3. The molecule has 0 aliphatic heterocycles. The summed E-state index contributed by atoms with van der Waals surface area (Å²) in [6.45, 7) is 0. The molecule has 1 rings (SSSR count). The number of aldehydes is 1. The summed E-state index contributed by atoms with van der Waals surface area (Å²) < 4.78 is 37.6. The molecule has 0 amide bonds. The molecule has 1 aromatic rings. The fraction of sp³-hybridized carbons (Fsp3) is 0.143. The van der Waals surface area contributed by atoms with E-state index in [1.54, 1.807) is 0 Å². The van der Waals surface area contributed by atoms with Gasteiger partial charge in [-0.25, -0.2) is 8.78 Å². The average Bonchev–Trinajstić information content (AvgIpc) is 2.15. The molecule has 0 aromatic carbocycles. The second kappa shape index (κ2) is 4.03. The number of hydrogen-bond donors (Lipinski definition) is 0. The number of alkyl halides is 2. The van der Waals surface area contributed by atoms with Gasteiger partial charge in [0.15, 0.2) is 12.5 Å². The first-order valence-corrected chi connectivity index (χ1v) is 3.55. The van der Waals surface area contributed by atoms with Gasteiger partial charge < -0.3 is 10.1 Å². The van der Waals surface area contributed by atoms with Gasteiger partial charge in [0.1, 0.15) is 0 Å². The number of carbonyl (C=O) groups excluding carboxylic acids is 1. The van der Waals surface area contributed by atoms with Gasteiger partial charge in [0.05, 0.1) is 11.1 Å². The van der Waals surface area contributed by atoms with Crippen molar-refractivity contribution in [1.82, 2.24) is 4.98 Å². The minimum absolute atomic E-state index is 0.0404. The highest BCUT2D eigenvalue weighted by Gasteiger charge is 2.28. The average molecular weight is 220 g/mol. The molecule has 15 heavy (non-hydrogen) atoms. The van der Waals surface area contributed by atoms with Crippen LogP contribution in [0, 0.1) is 15.9 Å². The van der Waals surface area contributed by atoms with Crippen LogP contribution in [-0.2, 0) is 0 Å². The molecule has 1 heterocycles. The summed E-state index contributed by atoms with van der Waals surface area (Å²) in [7, 11) is 0. The molecule has 0 radical (unpaired) electrons. The summed E-state index contributed by atoms with van der Waals surface area (Å²) in [6.07, 6.45) is -2.82. The Bertz CT molecular complexity index is 422. The maximum absolute atomic E-state index is 13.1. The maximum atomic E-state index is 13.1. The van der Waals surface area contributed by atoms with Crippen LogP contribution >= 0.6 is 0 Å². The van der Waals surface area contributed by atoms with Crippen LogP contribution in [0.15, 0.2) is 6.20 Å². The summed E-state index contributed by atoms with van der Waals surface area (Å²) >= 11 is 0. The van der Waals surface area contributed by atoms with Crippen molar-refractivity contribution in [3.63, 3.8) is 0 Å². The number of hydrogen-bond acceptors (Lipinski definition) is 4. The summed E-state index contributed by atoms with van der Waals surface area (Å²) in [5.41, 5.74) is -2.00. The van der Waals surface area contributed by atoms with Crippen molar-refractivity contribution in [3.05, 3.63) is 33.3 Å². The molecule has 0 saturated carbocycles. The Morgan fingerprint density at radius 3 is 2.53 bits per heavy atom. The standard InChI is InChI=1S/C7H3F3N2O3/c8-5-4(6(9)10)3(2-13)1-11-7(5)12(14)15/h1-2,6H. The summed E-state index contributed by atoms with van der Waals surface area (Å²) in [5.74, 6) is -3.10. The van der Waals surface area contributed by atoms with Gasteiger partial charge in [-0.2, -0.15) is 4.39 Å². The van der Waals surface area contributed by atoms with E-state index in [4.69, 9.17) is 0 Å². The molecular weight excluding hydrogens is 217 g/mol. The Morgan fingerprint density at radius 2 is 2.13 bits per heavy atom. The van der Waals surface area contributed by atoms with Crippen LogP contribution in [-0.4, -0.2) is 16.2 Å². The lowest BCUT2D eigenvalue weighted by molar-refractivity contribution is -0.392. The normalized spacial score (nSPS) is 10.4. The van der Waals surface area contributed by atoms with Crippen LogP contribution in [0.2, 0.25) is 0 Å². The summed E-state index contributed by atoms with van der Waals surface area (Å²) in [4.78, 5) is 22.1. The largest absolute Gasteiger partial charge is 0.400 e. The number of carbonyl (C=O) groups is 1. The third kappa shape index (κ3) is 1.92. The topological polar surface area (TPSA) is 73.1 Å². The number of pyridine rings is 1. The highest BCUT2D eigenvalue weighted by molar-refractivity contribution is 5.77. The van der Waals surface area contributed by atoms with Gasteiger partial charge in [-0.15, -0.1) is 0 Å². The van der Waals surface area contributed by atoms with E-state index in [2.05, 4.69) is 4.98 Å². The first-order valence-electron chi connectivity index (χ1n) is 3.55. The highest BCUT2D eigenvalue weighted by Crippen LogP contribution is 2.28. The highest BCUT2D eigenvalue weighted by atomic mass is 19.3. The van der Waals surface area contributed by atoms with Crippen molar-refractivity contribution in [1.29, 1.82) is 0 Å². The van der Waals surface area contributed by atoms with E-state index in [9.17, 15) is 28.1 Å². The third-order valence-corrected chi connectivity index (χ3v) is 1.59. The van der Waals surface area contributed by atoms with E-state index >= 15 is 0 Å². The zero-order valence-electron chi connectivity index (χ0n) is 6.99. The second-order valence-corrected chi connectivity index (χ2v) is 2.44. The number of nitrogens with zero attached hydrogens (tertiary/aromatic N) is 2. The zero-order chi connectivity index (χ0) is 11.6. The van der Waals surface area contributed by atoms with E-state index < -0.39 is 34.1 Å². The minimum Gasteiger partial charge on any atom is -0.358 e. The fourth-order valence-corrected chi connectivity index (χ4v) is 0.947. The van der Waals surface area contributed by atoms with Crippen LogP contribution in [0.1, 0.15) is 22.3 Å². The number of halogens is 3. The number of aromatic nitrogens is 1. The van der Waals surface area contributed by atoms with E-state index in [1.165, 1.54) is 0 Å². The van der Waals surface area contributed by atoms with E-state index in [0.29, 0.717) is 6.20 Å². The fourth-order valence-electron chi connectivity index (χ4n) is 0.947. The molecule has 0 saturated heterocycles. The molecule has 0 unspecified atom stereocenters. The van der Waals surface area contributed by atoms with Crippen molar-refractivity contribution in [2.75, 3.05) is 0 Å². The smallest absolute Gasteiger partial charge is 0.358 e.